The molecule has 3 aromatic carbocycles. The first-order valence-corrected chi connectivity index (χ1v) is 10.7. The van der Waals surface area contributed by atoms with Gasteiger partial charge in [0.25, 0.3) is 5.89 Å². The Hall–Kier alpha value is -3.98. The average Bonchev–Trinajstić information content (AvgIpc) is 3.31. The van der Waals surface area contributed by atoms with Gasteiger partial charge < -0.3 is 9.84 Å². The van der Waals surface area contributed by atoms with Crippen LogP contribution in [0.2, 0.25) is 0 Å². The van der Waals surface area contributed by atoms with Gasteiger partial charge in [0.05, 0.1) is 17.3 Å². The van der Waals surface area contributed by atoms with Crippen LogP contribution in [-0.4, -0.2) is 15.3 Å². The molecule has 0 spiro atoms. The van der Waals surface area contributed by atoms with Crippen molar-refractivity contribution in [1.82, 2.24) is 15.5 Å². The Kier molecular flexibility index (Phi) is 5.62. The van der Waals surface area contributed by atoms with Gasteiger partial charge in [0.2, 0.25) is 5.82 Å². The summed E-state index contributed by atoms with van der Waals surface area (Å²) >= 11 is 5.56. The Bertz CT molecular complexity index is 1420. The molecule has 1 aliphatic heterocycles. The molecule has 1 unspecified atom stereocenters. The minimum absolute atomic E-state index is 0.188. The monoisotopic (exact) mass is 478 g/mol. The molecule has 2 heterocycles. The number of aromatic nitrogens is 2. The number of halogens is 3. The van der Waals surface area contributed by atoms with E-state index in [0.29, 0.717) is 28.3 Å². The molecule has 1 N–H and O–H groups in total. The van der Waals surface area contributed by atoms with Crippen LogP contribution in [0.5, 0.6) is 0 Å². The van der Waals surface area contributed by atoms with Gasteiger partial charge in [-0.1, -0.05) is 47.6 Å². The SMILES string of the molecule is CC1=C(c2nc(-c3ccccc3)no2)C(c2cccc(F)c2)NC(=S)N1c1ccc(F)c(F)c1. The minimum atomic E-state index is -1.01. The second-order valence-electron chi connectivity index (χ2n) is 7.66. The maximum atomic E-state index is 14.1. The van der Waals surface area contributed by atoms with Crippen molar-refractivity contribution in [2.45, 2.75) is 13.0 Å². The molecule has 9 heteroatoms. The van der Waals surface area contributed by atoms with Crippen molar-refractivity contribution in [1.29, 1.82) is 0 Å². The maximum absolute atomic E-state index is 14.1. The number of rotatable bonds is 4. The van der Waals surface area contributed by atoms with Crippen LogP contribution >= 0.6 is 12.2 Å². The Balaban J connectivity index is 1.67. The molecule has 5 nitrogen and oxygen atoms in total. The number of anilines is 1. The minimum Gasteiger partial charge on any atom is -0.351 e. The van der Waals surface area contributed by atoms with Gasteiger partial charge in [0, 0.05) is 17.3 Å². The second kappa shape index (κ2) is 8.75. The van der Waals surface area contributed by atoms with Crippen molar-refractivity contribution in [3.05, 3.63) is 107 Å². The van der Waals surface area contributed by atoms with Gasteiger partial charge in [-0.25, -0.2) is 13.2 Å². The van der Waals surface area contributed by atoms with E-state index >= 15 is 0 Å². The first-order chi connectivity index (χ1) is 16.4. The molecule has 1 aliphatic rings. The van der Waals surface area contributed by atoms with Crippen molar-refractivity contribution in [2.75, 3.05) is 4.90 Å². The van der Waals surface area contributed by atoms with Gasteiger partial charge in [0.1, 0.15) is 5.82 Å². The van der Waals surface area contributed by atoms with Crippen molar-refractivity contribution < 1.29 is 17.7 Å². The van der Waals surface area contributed by atoms with Crippen molar-refractivity contribution in [3.8, 4) is 11.4 Å². The van der Waals surface area contributed by atoms with E-state index in [1.165, 1.54) is 18.2 Å². The van der Waals surface area contributed by atoms with Crippen LogP contribution in [0, 0.1) is 17.5 Å². The van der Waals surface area contributed by atoms with E-state index in [1.54, 1.807) is 24.0 Å². The number of thiocarbonyl (C=S) groups is 1. The number of allylic oxidation sites excluding steroid dienone is 1. The summed E-state index contributed by atoms with van der Waals surface area (Å²) in [6.45, 7) is 1.75. The highest BCUT2D eigenvalue weighted by Gasteiger charge is 2.35. The first kappa shape index (κ1) is 21.8. The van der Waals surface area contributed by atoms with Gasteiger partial charge in [-0.05, 0) is 49.0 Å². The summed E-state index contributed by atoms with van der Waals surface area (Å²) in [5.41, 5.74) is 2.73. The molecular formula is C25H17F3N4OS. The number of nitrogens with one attached hydrogen (secondary N) is 1. The molecule has 170 valence electrons. The van der Waals surface area contributed by atoms with E-state index in [-0.39, 0.29) is 11.0 Å². The molecule has 0 aliphatic carbocycles. The van der Waals surface area contributed by atoms with Gasteiger partial charge >= 0.3 is 0 Å². The lowest BCUT2D eigenvalue weighted by Crippen LogP contribution is -2.46. The Morgan fingerprint density at radius 2 is 1.74 bits per heavy atom. The summed E-state index contributed by atoms with van der Waals surface area (Å²) < 4.78 is 47.3. The third-order valence-electron chi connectivity index (χ3n) is 5.52. The highest BCUT2D eigenvalue weighted by Crippen LogP contribution is 2.39. The normalized spacial score (nSPS) is 16.1. The van der Waals surface area contributed by atoms with E-state index < -0.39 is 23.5 Å². The fourth-order valence-corrected chi connectivity index (χ4v) is 4.29. The molecule has 0 radical (unpaired) electrons. The van der Waals surface area contributed by atoms with E-state index in [9.17, 15) is 13.2 Å². The van der Waals surface area contributed by atoms with Crippen molar-refractivity contribution >= 4 is 28.6 Å². The van der Waals surface area contributed by atoms with Crippen LogP contribution in [0.1, 0.15) is 24.4 Å². The van der Waals surface area contributed by atoms with Gasteiger partial charge in [-0.15, -0.1) is 0 Å². The average molecular weight is 478 g/mol. The zero-order valence-corrected chi connectivity index (χ0v) is 18.6. The topological polar surface area (TPSA) is 54.2 Å². The molecule has 0 saturated heterocycles. The quantitative estimate of drug-likeness (QED) is 0.362. The Morgan fingerprint density at radius 1 is 0.941 bits per heavy atom. The lowest BCUT2D eigenvalue weighted by molar-refractivity contribution is 0.404. The molecule has 34 heavy (non-hydrogen) atoms. The predicted molar refractivity (Wildman–Crippen MR) is 126 cm³/mol. The van der Waals surface area contributed by atoms with E-state index in [4.69, 9.17) is 16.7 Å². The number of hydrogen-bond acceptors (Lipinski definition) is 4. The van der Waals surface area contributed by atoms with Crippen LogP contribution in [0.3, 0.4) is 0 Å². The van der Waals surface area contributed by atoms with Crippen LogP contribution < -0.4 is 10.2 Å². The zero-order valence-electron chi connectivity index (χ0n) is 17.8. The summed E-state index contributed by atoms with van der Waals surface area (Å²) in [6.07, 6.45) is 0. The standard InChI is InChI=1S/C25H17F3N4OS/c1-14-21(24-30-23(31-33-24)15-6-3-2-4-7-15)22(16-8-5-9-17(26)12-16)29-25(34)32(14)18-10-11-19(27)20(28)13-18/h2-13,22H,1H3,(H,29,34). The molecule has 1 atom stereocenters. The van der Waals surface area contributed by atoms with Crippen LogP contribution in [-0.2, 0) is 0 Å². The largest absolute Gasteiger partial charge is 0.351 e. The predicted octanol–water partition coefficient (Wildman–Crippen LogP) is 6.02. The van der Waals surface area contributed by atoms with Gasteiger partial charge in [-0.3, -0.25) is 4.90 Å². The third-order valence-corrected chi connectivity index (χ3v) is 5.82. The molecule has 4 aromatic rings. The molecule has 0 saturated carbocycles. The maximum Gasteiger partial charge on any atom is 0.258 e. The molecule has 0 amide bonds. The molecule has 0 fully saturated rings. The Morgan fingerprint density at radius 3 is 2.47 bits per heavy atom. The van der Waals surface area contributed by atoms with Gasteiger partial charge in [0.15, 0.2) is 16.7 Å². The van der Waals surface area contributed by atoms with Crippen LogP contribution in [0.15, 0.2) is 83.0 Å². The van der Waals surface area contributed by atoms with E-state index in [1.807, 2.05) is 30.3 Å². The highest BCUT2D eigenvalue weighted by atomic mass is 32.1. The van der Waals surface area contributed by atoms with Gasteiger partial charge in [-0.2, -0.15) is 4.98 Å². The summed E-state index contributed by atoms with van der Waals surface area (Å²) in [6, 6.07) is 18.2. The summed E-state index contributed by atoms with van der Waals surface area (Å²) in [7, 11) is 0. The Labute approximate surface area is 198 Å². The third kappa shape index (κ3) is 3.94. The number of benzene rings is 3. The van der Waals surface area contributed by atoms with Crippen molar-refractivity contribution in [2.24, 2.45) is 0 Å². The molecule has 0 bridgehead atoms. The zero-order chi connectivity index (χ0) is 23.8. The van der Waals surface area contributed by atoms with Crippen LogP contribution in [0.4, 0.5) is 18.9 Å². The molecule has 5 rings (SSSR count). The fraction of sp³-hybridized carbons (Fsp3) is 0.0800. The summed E-state index contributed by atoms with van der Waals surface area (Å²) in [5.74, 6) is -1.83. The number of nitrogens with zero attached hydrogens (tertiary/aromatic N) is 3. The van der Waals surface area contributed by atoms with Crippen LogP contribution in [0.25, 0.3) is 17.0 Å². The van der Waals surface area contributed by atoms with E-state index in [0.717, 1.165) is 17.7 Å². The summed E-state index contributed by atoms with van der Waals surface area (Å²) in [5, 5.41) is 7.49. The molecule has 1 aromatic heterocycles. The first-order valence-electron chi connectivity index (χ1n) is 10.3. The lowest BCUT2D eigenvalue weighted by Gasteiger charge is -2.37. The van der Waals surface area contributed by atoms with E-state index in [2.05, 4.69) is 15.5 Å². The van der Waals surface area contributed by atoms with Crippen molar-refractivity contribution in [3.63, 3.8) is 0 Å². The fourth-order valence-electron chi connectivity index (χ4n) is 3.93. The summed E-state index contributed by atoms with van der Waals surface area (Å²) in [4.78, 5) is 6.12. The second-order valence-corrected chi connectivity index (χ2v) is 8.05. The number of hydrogen-bond donors (Lipinski definition) is 1. The smallest absolute Gasteiger partial charge is 0.258 e. The molecular weight excluding hydrogens is 461 g/mol. The lowest BCUT2D eigenvalue weighted by atomic mass is 9.94. The highest BCUT2D eigenvalue weighted by molar-refractivity contribution is 7.80.